The fourth-order valence-corrected chi connectivity index (χ4v) is 2.03. The zero-order valence-electron chi connectivity index (χ0n) is 13.8. The molecule has 2 N–H and O–H groups in total. The van der Waals surface area contributed by atoms with E-state index in [2.05, 4.69) is 47.6 Å². The quantitative estimate of drug-likeness (QED) is 0.365. The second kappa shape index (κ2) is 11.8. The van der Waals surface area contributed by atoms with Crippen LogP contribution in [-0.4, -0.2) is 74.3 Å². The maximum Gasteiger partial charge on any atom is 0.191 e. The number of aliphatic imine (C=N–C) groups is 1. The summed E-state index contributed by atoms with van der Waals surface area (Å²) in [7, 11) is 0. The van der Waals surface area contributed by atoms with Gasteiger partial charge in [-0.25, -0.2) is 0 Å². The Morgan fingerprint density at radius 2 is 1.95 bits per heavy atom. The van der Waals surface area contributed by atoms with Crippen molar-refractivity contribution in [2.75, 3.05) is 58.7 Å². The molecule has 5 nitrogen and oxygen atoms in total. The van der Waals surface area contributed by atoms with Crippen LogP contribution in [0.4, 0.5) is 0 Å². The molecule has 0 aliphatic carbocycles. The van der Waals surface area contributed by atoms with Crippen LogP contribution in [-0.2, 0) is 4.74 Å². The topological polar surface area (TPSA) is 48.9 Å². The number of halogens is 1. The molecule has 0 radical (unpaired) electrons. The molecule has 0 aromatic carbocycles. The van der Waals surface area contributed by atoms with Gasteiger partial charge >= 0.3 is 0 Å². The molecular formula is C14H31IN4OS. The molecule has 1 heterocycles. The van der Waals surface area contributed by atoms with E-state index in [0.29, 0.717) is 0 Å². The standard InChI is InChI=1S/C14H30N4OS.HI/c1-5-15-13(17-12-14(2,3)20-4)16-6-7-18-8-10-19-11-9-18;/h5-12H2,1-4H3,(H2,15,16,17);1H. The first-order chi connectivity index (χ1) is 9.57. The molecule has 0 saturated carbocycles. The molecule has 1 rings (SSSR count). The lowest BCUT2D eigenvalue weighted by molar-refractivity contribution is 0.0389. The monoisotopic (exact) mass is 430 g/mol. The predicted molar refractivity (Wildman–Crippen MR) is 104 cm³/mol. The summed E-state index contributed by atoms with van der Waals surface area (Å²) >= 11 is 1.85. The minimum absolute atomic E-state index is 0. The van der Waals surface area contributed by atoms with Gasteiger partial charge in [-0.2, -0.15) is 11.8 Å². The van der Waals surface area contributed by atoms with Crippen LogP contribution >= 0.6 is 35.7 Å². The van der Waals surface area contributed by atoms with Crippen LogP contribution in [0.5, 0.6) is 0 Å². The number of hydrogen-bond acceptors (Lipinski definition) is 4. The molecule has 0 aromatic rings. The Morgan fingerprint density at radius 1 is 1.29 bits per heavy atom. The van der Waals surface area contributed by atoms with Crippen molar-refractivity contribution in [3.63, 3.8) is 0 Å². The Labute approximate surface area is 151 Å². The fraction of sp³-hybridized carbons (Fsp3) is 0.929. The smallest absolute Gasteiger partial charge is 0.191 e. The Hall–Kier alpha value is 0.270. The van der Waals surface area contributed by atoms with Crippen molar-refractivity contribution in [3.05, 3.63) is 0 Å². The van der Waals surface area contributed by atoms with Crippen LogP contribution in [0.15, 0.2) is 4.99 Å². The molecule has 126 valence electrons. The molecule has 1 aliphatic rings. The fourth-order valence-electron chi connectivity index (χ4n) is 1.83. The van der Waals surface area contributed by atoms with E-state index in [-0.39, 0.29) is 28.7 Å². The van der Waals surface area contributed by atoms with E-state index in [1.807, 2.05) is 11.8 Å². The van der Waals surface area contributed by atoms with Gasteiger partial charge < -0.3 is 15.4 Å². The lowest BCUT2D eigenvalue weighted by Gasteiger charge is -2.27. The minimum atomic E-state index is 0. The van der Waals surface area contributed by atoms with Crippen molar-refractivity contribution in [1.82, 2.24) is 15.5 Å². The number of nitrogens with one attached hydrogen (secondary N) is 2. The van der Waals surface area contributed by atoms with Crippen LogP contribution in [0, 0.1) is 0 Å². The highest BCUT2D eigenvalue weighted by Gasteiger charge is 2.15. The largest absolute Gasteiger partial charge is 0.379 e. The first-order valence-corrected chi connectivity index (χ1v) is 8.67. The molecule has 0 bridgehead atoms. The van der Waals surface area contributed by atoms with Gasteiger partial charge in [0.1, 0.15) is 0 Å². The second-order valence-electron chi connectivity index (χ2n) is 5.54. The molecule has 1 fully saturated rings. The zero-order valence-corrected chi connectivity index (χ0v) is 16.9. The van der Waals surface area contributed by atoms with E-state index in [1.54, 1.807) is 0 Å². The Kier molecular flexibility index (Phi) is 11.9. The molecule has 0 amide bonds. The minimum Gasteiger partial charge on any atom is -0.379 e. The van der Waals surface area contributed by atoms with E-state index in [1.165, 1.54) is 0 Å². The molecule has 1 aliphatic heterocycles. The van der Waals surface area contributed by atoms with E-state index < -0.39 is 0 Å². The lowest BCUT2D eigenvalue weighted by Crippen LogP contribution is -2.44. The van der Waals surface area contributed by atoms with E-state index in [4.69, 9.17) is 4.74 Å². The third-order valence-corrected chi connectivity index (χ3v) is 4.57. The summed E-state index contributed by atoms with van der Waals surface area (Å²) in [6.45, 7) is 14.0. The van der Waals surface area contributed by atoms with Gasteiger partial charge in [-0.05, 0) is 27.0 Å². The normalized spacial score (nSPS) is 17.2. The first-order valence-electron chi connectivity index (χ1n) is 7.45. The van der Waals surface area contributed by atoms with Crippen molar-refractivity contribution >= 4 is 41.7 Å². The van der Waals surface area contributed by atoms with Crippen molar-refractivity contribution in [2.45, 2.75) is 25.5 Å². The number of rotatable bonds is 7. The van der Waals surface area contributed by atoms with Crippen LogP contribution in [0.3, 0.4) is 0 Å². The third-order valence-electron chi connectivity index (χ3n) is 3.34. The maximum absolute atomic E-state index is 5.35. The third kappa shape index (κ3) is 9.80. The maximum atomic E-state index is 5.35. The molecule has 0 atom stereocenters. The molecule has 1 saturated heterocycles. The highest BCUT2D eigenvalue weighted by Crippen LogP contribution is 2.20. The number of ether oxygens (including phenoxy) is 1. The lowest BCUT2D eigenvalue weighted by atomic mass is 10.2. The van der Waals surface area contributed by atoms with E-state index in [0.717, 1.165) is 58.4 Å². The molecule has 0 aromatic heterocycles. The summed E-state index contributed by atoms with van der Waals surface area (Å²) in [5.74, 6) is 0.919. The van der Waals surface area contributed by atoms with Gasteiger partial charge in [0.2, 0.25) is 0 Å². The van der Waals surface area contributed by atoms with Gasteiger partial charge in [-0.1, -0.05) is 0 Å². The molecule has 0 unspecified atom stereocenters. The Balaban J connectivity index is 0.00000400. The number of hydrogen-bond donors (Lipinski definition) is 2. The number of nitrogens with zero attached hydrogens (tertiary/aromatic N) is 2. The van der Waals surface area contributed by atoms with Gasteiger partial charge in [0, 0.05) is 37.5 Å². The van der Waals surface area contributed by atoms with Gasteiger partial charge in [-0.15, -0.1) is 24.0 Å². The van der Waals surface area contributed by atoms with Gasteiger partial charge in [0.15, 0.2) is 5.96 Å². The van der Waals surface area contributed by atoms with Crippen LogP contribution in [0.2, 0.25) is 0 Å². The molecular weight excluding hydrogens is 399 g/mol. The summed E-state index contributed by atoms with van der Waals surface area (Å²) in [5.41, 5.74) is 0. The Morgan fingerprint density at radius 3 is 2.52 bits per heavy atom. The summed E-state index contributed by atoms with van der Waals surface area (Å²) < 4.78 is 5.54. The molecule has 21 heavy (non-hydrogen) atoms. The number of guanidine groups is 1. The van der Waals surface area contributed by atoms with Gasteiger partial charge in [0.25, 0.3) is 0 Å². The summed E-state index contributed by atoms with van der Waals surface area (Å²) in [4.78, 5) is 7.09. The molecule has 0 spiro atoms. The van der Waals surface area contributed by atoms with Crippen LogP contribution < -0.4 is 10.6 Å². The van der Waals surface area contributed by atoms with Crippen molar-refractivity contribution in [2.24, 2.45) is 4.99 Å². The zero-order chi connectivity index (χ0) is 14.8. The molecule has 7 heteroatoms. The number of morpholine rings is 1. The second-order valence-corrected chi connectivity index (χ2v) is 7.05. The summed E-state index contributed by atoms with van der Waals surface area (Å²) in [6.07, 6.45) is 2.13. The summed E-state index contributed by atoms with van der Waals surface area (Å²) in [6, 6.07) is 0. The average Bonchev–Trinajstić information content (AvgIpc) is 2.46. The van der Waals surface area contributed by atoms with Crippen molar-refractivity contribution < 1.29 is 4.74 Å². The number of thioether (sulfide) groups is 1. The predicted octanol–water partition coefficient (Wildman–Crippen LogP) is 1.63. The first kappa shape index (κ1) is 21.3. The van der Waals surface area contributed by atoms with Crippen LogP contribution in [0.1, 0.15) is 20.8 Å². The average molecular weight is 430 g/mol. The summed E-state index contributed by atoms with van der Waals surface area (Å²) in [5, 5.41) is 6.72. The van der Waals surface area contributed by atoms with Gasteiger partial charge in [-0.3, -0.25) is 9.89 Å². The van der Waals surface area contributed by atoms with Crippen molar-refractivity contribution in [3.8, 4) is 0 Å². The highest BCUT2D eigenvalue weighted by atomic mass is 127. The van der Waals surface area contributed by atoms with Crippen molar-refractivity contribution in [1.29, 1.82) is 0 Å². The SMILES string of the molecule is CCNC(=NCC(C)(C)SC)NCCN1CCOCC1.I. The Bertz CT molecular complexity index is 297. The van der Waals surface area contributed by atoms with Gasteiger partial charge in [0.05, 0.1) is 19.8 Å². The van der Waals surface area contributed by atoms with Crippen LogP contribution in [0.25, 0.3) is 0 Å². The van der Waals surface area contributed by atoms with E-state index >= 15 is 0 Å². The highest BCUT2D eigenvalue weighted by molar-refractivity contribution is 14.0. The van der Waals surface area contributed by atoms with E-state index in [9.17, 15) is 0 Å².